The minimum absolute atomic E-state index is 0.213. The zero-order valence-electron chi connectivity index (χ0n) is 14.3. The van der Waals surface area contributed by atoms with Crippen LogP contribution in [-0.2, 0) is 4.74 Å². The Kier molecular flexibility index (Phi) is 5.83. The van der Waals surface area contributed by atoms with E-state index in [4.69, 9.17) is 9.73 Å². The number of nitrogens with zero attached hydrogens (tertiary/aromatic N) is 1. The second kappa shape index (κ2) is 7.63. The van der Waals surface area contributed by atoms with Crippen molar-refractivity contribution in [2.24, 2.45) is 10.4 Å². The van der Waals surface area contributed by atoms with E-state index < -0.39 is 0 Å². The SMILES string of the molecule is CCNC(=NCC1(C)COC1)NCC(C)c1cccc(C)c1. The van der Waals surface area contributed by atoms with Gasteiger partial charge in [-0.05, 0) is 25.3 Å². The maximum Gasteiger partial charge on any atom is 0.191 e. The van der Waals surface area contributed by atoms with Crippen LogP contribution in [-0.4, -0.2) is 38.8 Å². The third kappa shape index (κ3) is 4.73. The predicted octanol–water partition coefficient (Wildman–Crippen LogP) is 2.69. The predicted molar refractivity (Wildman–Crippen MR) is 92.5 cm³/mol. The lowest BCUT2D eigenvalue weighted by atomic mass is 9.89. The molecule has 1 heterocycles. The van der Waals surface area contributed by atoms with Crippen molar-refractivity contribution in [1.29, 1.82) is 0 Å². The van der Waals surface area contributed by atoms with E-state index in [1.165, 1.54) is 11.1 Å². The van der Waals surface area contributed by atoms with Crippen molar-refractivity contribution in [3.8, 4) is 0 Å². The number of nitrogens with one attached hydrogen (secondary N) is 2. The van der Waals surface area contributed by atoms with Crippen LogP contribution in [0.2, 0.25) is 0 Å². The van der Waals surface area contributed by atoms with Crippen LogP contribution in [0.25, 0.3) is 0 Å². The van der Waals surface area contributed by atoms with Crippen LogP contribution in [0, 0.1) is 12.3 Å². The van der Waals surface area contributed by atoms with Crippen molar-refractivity contribution in [3.63, 3.8) is 0 Å². The highest BCUT2D eigenvalue weighted by molar-refractivity contribution is 5.79. The smallest absolute Gasteiger partial charge is 0.191 e. The number of aryl methyl sites for hydroxylation is 1. The summed E-state index contributed by atoms with van der Waals surface area (Å²) in [5, 5.41) is 6.78. The summed E-state index contributed by atoms with van der Waals surface area (Å²) in [5.74, 6) is 1.35. The van der Waals surface area contributed by atoms with Gasteiger partial charge >= 0.3 is 0 Å². The van der Waals surface area contributed by atoms with E-state index in [1.54, 1.807) is 0 Å². The van der Waals surface area contributed by atoms with E-state index in [0.29, 0.717) is 5.92 Å². The molecule has 1 saturated heterocycles. The molecule has 0 radical (unpaired) electrons. The summed E-state index contributed by atoms with van der Waals surface area (Å²) in [6.45, 7) is 12.9. The highest BCUT2D eigenvalue weighted by Crippen LogP contribution is 2.26. The topological polar surface area (TPSA) is 45.7 Å². The largest absolute Gasteiger partial charge is 0.380 e. The minimum Gasteiger partial charge on any atom is -0.380 e. The fourth-order valence-corrected chi connectivity index (χ4v) is 2.50. The number of benzene rings is 1. The Balaban J connectivity index is 1.89. The highest BCUT2D eigenvalue weighted by Gasteiger charge is 2.33. The summed E-state index contributed by atoms with van der Waals surface area (Å²) in [6, 6.07) is 8.70. The second-order valence-corrected chi connectivity index (χ2v) is 6.69. The van der Waals surface area contributed by atoms with Crippen LogP contribution >= 0.6 is 0 Å². The first-order valence-electron chi connectivity index (χ1n) is 8.19. The van der Waals surface area contributed by atoms with Gasteiger partial charge in [-0.2, -0.15) is 0 Å². The summed E-state index contributed by atoms with van der Waals surface area (Å²) in [4.78, 5) is 4.70. The summed E-state index contributed by atoms with van der Waals surface area (Å²) in [5.41, 5.74) is 2.88. The fraction of sp³-hybridized carbons (Fsp3) is 0.611. The molecule has 0 aliphatic carbocycles. The van der Waals surface area contributed by atoms with Gasteiger partial charge in [-0.25, -0.2) is 0 Å². The van der Waals surface area contributed by atoms with E-state index in [0.717, 1.165) is 38.8 Å². The Morgan fingerprint density at radius 1 is 1.36 bits per heavy atom. The zero-order chi connectivity index (χ0) is 16.0. The first-order valence-corrected chi connectivity index (χ1v) is 8.19. The molecule has 1 unspecified atom stereocenters. The van der Waals surface area contributed by atoms with Gasteiger partial charge in [-0.1, -0.05) is 43.7 Å². The lowest BCUT2D eigenvalue weighted by Crippen LogP contribution is -2.44. The number of rotatable bonds is 6. The average Bonchev–Trinajstić information content (AvgIpc) is 2.47. The van der Waals surface area contributed by atoms with Crippen molar-refractivity contribution < 1.29 is 4.74 Å². The van der Waals surface area contributed by atoms with Crippen LogP contribution in [0.15, 0.2) is 29.3 Å². The van der Waals surface area contributed by atoms with E-state index in [-0.39, 0.29) is 5.41 Å². The average molecular weight is 303 g/mol. The van der Waals surface area contributed by atoms with Crippen LogP contribution in [0.3, 0.4) is 0 Å². The van der Waals surface area contributed by atoms with Gasteiger partial charge in [0, 0.05) is 18.5 Å². The van der Waals surface area contributed by atoms with Crippen molar-refractivity contribution >= 4 is 5.96 Å². The van der Waals surface area contributed by atoms with Gasteiger partial charge in [0.2, 0.25) is 0 Å². The first-order chi connectivity index (χ1) is 10.5. The molecule has 1 aromatic rings. The van der Waals surface area contributed by atoms with Crippen LogP contribution in [0.1, 0.15) is 37.8 Å². The molecule has 0 bridgehead atoms. The van der Waals surface area contributed by atoms with Crippen molar-refractivity contribution in [1.82, 2.24) is 10.6 Å². The molecule has 0 aromatic heterocycles. The van der Waals surface area contributed by atoms with Crippen molar-refractivity contribution in [2.75, 3.05) is 32.8 Å². The molecule has 1 aliphatic heterocycles. The van der Waals surface area contributed by atoms with Crippen molar-refractivity contribution in [2.45, 2.75) is 33.6 Å². The molecule has 1 fully saturated rings. The molecule has 4 heteroatoms. The fourth-order valence-electron chi connectivity index (χ4n) is 2.50. The Bertz CT molecular complexity index is 509. The summed E-state index contributed by atoms with van der Waals surface area (Å²) in [6.07, 6.45) is 0. The number of ether oxygens (including phenoxy) is 1. The number of hydrogen-bond acceptors (Lipinski definition) is 2. The van der Waals surface area contributed by atoms with Gasteiger partial charge in [-0.15, -0.1) is 0 Å². The van der Waals surface area contributed by atoms with Gasteiger partial charge < -0.3 is 15.4 Å². The van der Waals surface area contributed by atoms with E-state index in [1.807, 2.05) is 0 Å². The maximum atomic E-state index is 5.29. The molecule has 1 atom stereocenters. The molecule has 122 valence electrons. The van der Waals surface area contributed by atoms with Gasteiger partial charge in [0.05, 0.1) is 19.8 Å². The first kappa shape index (κ1) is 16.8. The van der Waals surface area contributed by atoms with Gasteiger partial charge in [0.1, 0.15) is 0 Å². The Morgan fingerprint density at radius 3 is 2.73 bits per heavy atom. The Labute approximate surface area is 134 Å². The molecule has 0 saturated carbocycles. The van der Waals surface area contributed by atoms with Gasteiger partial charge in [-0.3, -0.25) is 4.99 Å². The monoisotopic (exact) mass is 303 g/mol. The summed E-state index contributed by atoms with van der Waals surface area (Å²) >= 11 is 0. The molecular weight excluding hydrogens is 274 g/mol. The molecule has 4 nitrogen and oxygen atoms in total. The minimum atomic E-state index is 0.213. The summed E-state index contributed by atoms with van der Waals surface area (Å²) < 4.78 is 5.29. The third-order valence-electron chi connectivity index (χ3n) is 4.05. The normalized spacial score (nSPS) is 18.5. The number of aliphatic imine (C=N–C) groups is 1. The standard InChI is InChI=1S/C18H29N3O/c1-5-19-17(21-11-18(4)12-22-13-18)20-10-15(3)16-8-6-7-14(2)9-16/h6-9,15H,5,10-13H2,1-4H3,(H2,19,20,21). The quantitative estimate of drug-likeness (QED) is 0.627. The highest BCUT2D eigenvalue weighted by atomic mass is 16.5. The van der Waals surface area contributed by atoms with Crippen LogP contribution in [0.4, 0.5) is 0 Å². The van der Waals surface area contributed by atoms with Gasteiger partial charge in [0.15, 0.2) is 5.96 Å². The number of guanidine groups is 1. The molecule has 1 aromatic carbocycles. The molecule has 1 aliphatic rings. The lowest BCUT2D eigenvalue weighted by Gasteiger charge is -2.36. The van der Waals surface area contributed by atoms with Gasteiger partial charge in [0.25, 0.3) is 0 Å². The zero-order valence-corrected chi connectivity index (χ0v) is 14.3. The molecular formula is C18H29N3O. The summed E-state index contributed by atoms with van der Waals surface area (Å²) in [7, 11) is 0. The van der Waals surface area contributed by atoms with Crippen molar-refractivity contribution in [3.05, 3.63) is 35.4 Å². The third-order valence-corrected chi connectivity index (χ3v) is 4.05. The molecule has 2 rings (SSSR count). The van der Waals surface area contributed by atoms with Crippen LogP contribution in [0.5, 0.6) is 0 Å². The molecule has 22 heavy (non-hydrogen) atoms. The molecule has 0 amide bonds. The van der Waals surface area contributed by atoms with E-state index in [2.05, 4.69) is 62.6 Å². The molecule has 0 spiro atoms. The second-order valence-electron chi connectivity index (χ2n) is 6.69. The molecule has 2 N–H and O–H groups in total. The van der Waals surface area contributed by atoms with Crippen LogP contribution < -0.4 is 10.6 Å². The number of hydrogen-bond donors (Lipinski definition) is 2. The Hall–Kier alpha value is -1.55. The lowest BCUT2D eigenvalue weighted by molar-refractivity contribution is -0.0945. The maximum absolute atomic E-state index is 5.29. The Morgan fingerprint density at radius 2 is 2.14 bits per heavy atom. The van der Waals surface area contributed by atoms with E-state index >= 15 is 0 Å². The van der Waals surface area contributed by atoms with E-state index in [9.17, 15) is 0 Å².